The Morgan fingerprint density at radius 2 is 1.94 bits per heavy atom. The van der Waals surface area contributed by atoms with Crippen molar-refractivity contribution in [2.75, 3.05) is 6.54 Å². The Bertz CT molecular complexity index is 420. The fourth-order valence-electron chi connectivity index (χ4n) is 2.45. The number of rotatable bonds is 5. The molecule has 2 rings (SSSR count). The van der Waals surface area contributed by atoms with Gasteiger partial charge >= 0.3 is 0 Å². The molecule has 0 saturated heterocycles. The average Bonchev–Trinajstić information content (AvgIpc) is 2.82. The van der Waals surface area contributed by atoms with E-state index in [1.807, 2.05) is 0 Å². The van der Waals surface area contributed by atoms with Crippen molar-refractivity contribution in [2.45, 2.75) is 38.6 Å². The molecule has 0 heterocycles. The predicted molar refractivity (Wildman–Crippen MR) is 69.3 cm³/mol. The first-order valence-electron chi connectivity index (χ1n) is 6.59. The Balaban J connectivity index is 2.26. The summed E-state index contributed by atoms with van der Waals surface area (Å²) in [6, 6.07) is 3.73. The first-order valence-corrected chi connectivity index (χ1v) is 6.59. The molecule has 1 nitrogen and oxygen atoms in total. The van der Waals surface area contributed by atoms with Crippen LogP contribution in [-0.4, -0.2) is 6.54 Å². The minimum atomic E-state index is -0.508. The molecule has 1 aliphatic carbocycles. The smallest absolute Gasteiger partial charge is 0.126 e. The minimum Gasteiger partial charge on any atom is -0.307 e. The highest BCUT2D eigenvalue weighted by atomic mass is 19.1. The monoisotopic (exact) mass is 251 g/mol. The van der Waals surface area contributed by atoms with Crippen LogP contribution in [0.2, 0.25) is 0 Å². The molecule has 98 valence electrons. The van der Waals surface area contributed by atoms with Crippen LogP contribution in [0.4, 0.5) is 8.78 Å². The van der Waals surface area contributed by atoms with E-state index in [1.165, 1.54) is 17.7 Å². The van der Waals surface area contributed by atoms with Gasteiger partial charge in [-0.15, -0.1) is 0 Å². The number of halogens is 2. The minimum absolute atomic E-state index is 0.0438. The van der Waals surface area contributed by atoms with Crippen LogP contribution in [0.15, 0.2) is 29.8 Å². The molecule has 0 spiro atoms. The standard InChI is InChI=1S/C15H19F2N/c1-2-7-18-15(11-5-3-4-6-11)12-8-13(16)10-14(17)9-12/h5,8-10,15,18H,2-4,6-7H2,1H3. The third-order valence-electron chi connectivity index (χ3n) is 3.26. The maximum atomic E-state index is 13.3. The van der Waals surface area contributed by atoms with Gasteiger partial charge < -0.3 is 5.32 Å². The van der Waals surface area contributed by atoms with Crippen molar-refractivity contribution in [2.24, 2.45) is 0 Å². The fraction of sp³-hybridized carbons (Fsp3) is 0.467. The molecule has 0 fully saturated rings. The van der Waals surface area contributed by atoms with Gasteiger partial charge in [0.2, 0.25) is 0 Å². The second-order valence-electron chi connectivity index (χ2n) is 4.76. The zero-order chi connectivity index (χ0) is 13.0. The molecule has 0 aliphatic heterocycles. The van der Waals surface area contributed by atoms with Crippen LogP contribution in [0.3, 0.4) is 0 Å². The highest BCUT2D eigenvalue weighted by Crippen LogP contribution is 2.31. The lowest BCUT2D eigenvalue weighted by molar-refractivity contribution is 0.550. The van der Waals surface area contributed by atoms with Gasteiger partial charge in [-0.1, -0.05) is 18.6 Å². The van der Waals surface area contributed by atoms with E-state index in [0.29, 0.717) is 5.56 Å². The third-order valence-corrected chi connectivity index (χ3v) is 3.26. The highest BCUT2D eigenvalue weighted by Gasteiger charge is 2.19. The lowest BCUT2D eigenvalue weighted by Crippen LogP contribution is -2.23. The Labute approximate surface area is 107 Å². The van der Waals surface area contributed by atoms with E-state index in [-0.39, 0.29) is 6.04 Å². The molecular formula is C15H19F2N. The zero-order valence-electron chi connectivity index (χ0n) is 10.7. The fourth-order valence-corrected chi connectivity index (χ4v) is 2.45. The summed E-state index contributed by atoms with van der Waals surface area (Å²) in [5, 5.41) is 3.38. The van der Waals surface area contributed by atoms with E-state index in [4.69, 9.17) is 0 Å². The molecule has 0 saturated carbocycles. The summed E-state index contributed by atoms with van der Waals surface area (Å²) >= 11 is 0. The van der Waals surface area contributed by atoms with Crippen LogP contribution < -0.4 is 5.32 Å². The van der Waals surface area contributed by atoms with E-state index in [2.05, 4.69) is 18.3 Å². The molecule has 18 heavy (non-hydrogen) atoms. The van der Waals surface area contributed by atoms with Gasteiger partial charge in [0.05, 0.1) is 6.04 Å². The topological polar surface area (TPSA) is 12.0 Å². The molecule has 0 aromatic heterocycles. The summed E-state index contributed by atoms with van der Waals surface area (Å²) in [4.78, 5) is 0. The third kappa shape index (κ3) is 3.16. The molecule has 0 radical (unpaired) electrons. The molecule has 3 heteroatoms. The maximum Gasteiger partial charge on any atom is 0.126 e. The van der Waals surface area contributed by atoms with E-state index >= 15 is 0 Å². The van der Waals surface area contributed by atoms with Gasteiger partial charge in [-0.25, -0.2) is 8.78 Å². The van der Waals surface area contributed by atoms with Crippen molar-refractivity contribution in [3.63, 3.8) is 0 Å². The van der Waals surface area contributed by atoms with Gasteiger partial charge in [0.25, 0.3) is 0 Å². The molecule has 1 N–H and O–H groups in total. The number of hydrogen-bond donors (Lipinski definition) is 1. The van der Waals surface area contributed by atoms with Crippen molar-refractivity contribution in [1.29, 1.82) is 0 Å². The summed E-state index contributed by atoms with van der Waals surface area (Å²) in [6.45, 7) is 2.93. The SMILES string of the molecule is CCCNC(C1=CCCC1)c1cc(F)cc(F)c1. The van der Waals surface area contributed by atoms with Crippen LogP contribution in [0.5, 0.6) is 0 Å². The molecule has 1 atom stereocenters. The van der Waals surface area contributed by atoms with Gasteiger partial charge in [0.1, 0.15) is 11.6 Å². The van der Waals surface area contributed by atoms with Crippen LogP contribution >= 0.6 is 0 Å². The molecular weight excluding hydrogens is 232 g/mol. The Hall–Kier alpha value is -1.22. The number of hydrogen-bond acceptors (Lipinski definition) is 1. The summed E-state index contributed by atoms with van der Waals surface area (Å²) in [6.07, 6.45) is 6.41. The maximum absolute atomic E-state index is 13.3. The summed E-state index contributed by atoms with van der Waals surface area (Å²) in [5.41, 5.74) is 1.95. The van der Waals surface area contributed by atoms with Gasteiger partial charge in [-0.05, 0) is 49.9 Å². The lowest BCUT2D eigenvalue weighted by Gasteiger charge is -2.21. The molecule has 1 aromatic rings. The van der Waals surface area contributed by atoms with Crippen LogP contribution in [0, 0.1) is 11.6 Å². The largest absolute Gasteiger partial charge is 0.307 e. The first-order chi connectivity index (χ1) is 8.70. The van der Waals surface area contributed by atoms with Crippen molar-refractivity contribution in [3.8, 4) is 0 Å². The van der Waals surface area contributed by atoms with Gasteiger partial charge in [-0.3, -0.25) is 0 Å². The van der Waals surface area contributed by atoms with Crippen molar-refractivity contribution >= 4 is 0 Å². The molecule has 0 bridgehead atoms. The lowest BCUT2D eigenvalue weighted by atomic mass is 9.97. The van der Waals surface area contributed by atoms with Crippen molar-refractivity contribution in [3.05, 3.63) is 47.0 Å². The molecule has 0 amide bonds. The number of benzene rings is 1. The van der Waals surface area contributed by atoms with E-state index in [1.54, 1.807) is 0 Å². The summed E-state index contributed by atoms with van der Waals surface area (Å²) in [7, 11) is 0. The second-order valence-corrected chi connectivity index (χ2v) is 4.76. The van der Waals surface area contributed by atoms with E-state index in [0.717, 1.165) is 38.3 Å². The summed E-state index contributed by atoms with van der Waals surface area (Å²) in [5.74, 6) is -1.02. The number of nitrogens with one attached hydrogen (secondary N) is 1. The predicted octanol–water partition coefficient (Wildman–Crippen LogP) is 4.12. The average molecular weight is 251 g/mol. The molecule has 1 aliphatic rings. The van der Waals surface area contributed by atoms with E-state index in [9.17, 15) is 8.78 Å². The van der Waals surface area contributed by atoms with Gasteiger partial charge in [-0.2, -0.15) is 0 Å². The highest BCUT2D eigenvalue weighted by molar-refractivity contribution is 5.30. The molecule has 1 unspecified atom stereocenters. The van der Waals surface area contributed by atoms with Crippen molar-refractivity contribution < 1.29 is 8.78 Å². The summed E-state index contributed by atoms with van der Waals surface area (Å²) < 4.78 is 26.6. The van der Waals surface area contributed by atoms with Crippen molar-refractivity contribution in [1.82, 2.24) is 5.32 Å². The van der Waals surface area contributed by atoms with E-state index < -0.39 is 11.6 Å². The Kier molecular flexibility index (Phi) is 4.48. The van der Waals surface area contributed by atoms with Gasteiger partial charge in [0, 0.05) is 6.07 Å². The Morgan fingerprint density at radius 3 is 2.50 bits per heavy atom. The number of allylic oxidation sites excluding steroid dienone is 1. The second kappa shape index (κ2) is 6.10. The van der Waals surface area contributed by atoms with Crippen LogP contribution in [0.25, 0.3) is 0 Å². The van der Waals surface area contributed by atoms with Crippen LogP contribution in [0.1, 0.15) is 44.2 Å². The van der Waals surface area contributed by atoms with Gasteiger partial charge in [0.15, 0.2) is 0 Å². The van der Waals surface area contributed by atoms with Crippen LogP contribution in [-0.2, 0) is 0 Å². The Morgan fingerprint density at radius 1 is 1.22 bits per heavy atom. The molecule has 1 aromatic carbocycles. The quantitative estimate of drug-likeness (QED) is 0.776. The zero-order valence-corrected chi connectivity index (χ0v) is 10.7. The first kappa shape index (κ1) is 13.2. The normalized spacial score (nSPS) is 16.7.